The number of benzene rings is 1. The molecule has 0 spiro atoms. The molecule has 1 aliphatic rings. The summed E-state index contributed by atoms with van der Waals surface area (Å²) in [4.78, 5) is 32.0. The number of nitrogens with one attached hydrogen (secondary N) is 2. The van der Waals surface area contributed by atoms with Gasteiger partial charge in [0, 0.05) is 30.1 Å². The van der Waals surface area contributed by atoms with E-state index in [-0.39, 0.29) is 28.9 Å². The molecule has 3 heterocycles. The van der Waals surface area contributed by atoms with E-state index in [0.717, 1.165) is 42.6 Å². The van der Waals surface area contributed by atoms with E-state index >= 15 is 4.39 Å². The number of fused-ring (bicyclic) bond motifs is 1. The van der Waals surface area contributed by atoms with Crippen molar-refractivity contribution >= 4 is 22.8 Å². The summed E-state index contributed by atoms with van der Waals surface area (Å²) >= 11 is 0. The fourth-order valence-corrected chi connectivity index (χ4v) is 5.17. The van der Waals surface area contributed by atoms with E-state index in [1.54, 1.807) is 13.8 Å². The number of pyridine rings is 1. The van der Waals surface area contributed by atoms with Crippen molar-refractivity contribution < 1.29 is 27.1 Å². The van der Waals surface area contributed by atoms with Gasteiger partial charge in [0.25, 0.3) is 5.91 Å². The summed E-state index contributed by atoms with van der Waals surface area (Å²) in [6, 6.07) is 4.30. The molecule has 0 bridgehead atoms. The number of carbonyl (C=O) groups excluding carboxylic acids is 1. The minimum Gasteiger partial charge on any atom is -0.452 e. The monoisotopic (exact) mass is 560 g/mol. The number of carbonyl (C=O) groups is 1. The zero-order valence-electron chi connectivity index (χ0n) is 21.9. The third kappa shape index (κ3) is 5.32. The number of amides is 1. The van der Waals surface area contributed by atoms with Crippen LogP contribution in [0, 0.1) is 5.82 Å². The molecule has 9 nitrogen and oxygen atoms in total. The predicted octanol–water partition coefficient (Wildman–Crippen LogP) is 6.60. The fraction of sp³-hybridized carbons (Fsp3) is 0.407. The highest BCUT2D eigenvalue weighted by Gasteiger charge is 2.41. The number of halogens is 4. The fourth-order valence-electron chi connectivity index (χ4n) is 5.17. The van der Waals surface area contributed by atoms with Crippen LogP contribution in [0.15, 0.2) is 41.5 Å². The smallest absolute Gasteiger partial charge is 0.433 e. The van der Waals surface area contributed by atoms with Gasteiger partial charge in [0.05, 0.1) is 17.8 Å². The zero-order chi connectivity index (χ0) is 28.6. The summed E-state index contributed by atoms with van der Waals surface area (Å²) < 4.78 is 65.3. The maximum atomic E-state index is 15.0. The van der Waals surface area contributed by atoms with Crippen LogP contribution in [-0.2, 0) is 6.18 Å². The lowest BCUT2D eigenvalue weighted by molar-refractivity contribution is -0.145. The number of aromatic nitrogens is 5. The van der Waals surface area contributed by atoms with Crippen molar-refractivity contribution in [3.63, 3.8) is 0 Å². The molecular weight excluding hydrogens is 532 g/mol. The van der Waals surface area contributed by atoms with Gasteiger partial charge < -0.3 is 10.1 Å². The Morgan fingerprint density at radius 1 is 1.12 bits per heavy atom. The number of hydrogen-bond donors (Lipinski definition) is 2. The third-order valence-electron chi connectivity index (χ3n) is 6.98. The van der Waals surface area contributed by atoms with Crippen LogP contribution in [0.3, 0.4) is 0 Å². The predicted molar refractivity (Wildman–Crippen MR) is 139 cm³/mol. The van der Waals surface area contributed by atoms with E-state index in [2.05, 4.69) is 20.4 Å². The molecule has 4 aromatic rings. The number of H-pyrrole nitrogens is 1. The molecule has 1 amide bonds. The lowest BCUT2D eigenvalue weighted by atomic mass is 10.1. The summed E-state index contributed by atoms with van der Waals surface area (Å²) in [5.41, 5.74) is -1.58. The Kier molecular flexibility index (Phi) is 7.39. The number of alkyl halides is 3. The van der Waals surface area contributed by atoms with Gasteiger partial charge >= 0.3 is 11.9 Å². The molecule has 0 unspecified atom stereocenters. The first-order chi connectivity index (χ1) is 19.0. The number of anilines is 1. The molecule has 1 aromatic carbocycles. The molecule has 40 heavy (non-hydrogen) atoms. The van der Waals surface area contributed by atoms with Gasteiger partial charge in [-0.1, -0.05) is 25.7 Å². The Hall–Kier alpha value is -4.16. The highest BCUT2D eigenvalue weighted by Crippen LogP contribution is 2.37. The highest BCUT2D eigenvalue weighted by molar-refractivity contribution is 6.05. The van der Waals surface area contributed by atoms with E-state index in [9.17, 15) is 22.8 Å². The van der Waals surface area contributed by atoms with Crippen molar-refractivity contribution in [1.29, 1.82) is 0 Å². The van der Waals surface area contributed by atoms with Gasteiger partial charge in [-0.15, -0.1) is 0 Å². The van der Waals surface area contributed by atoms with Crippen molar-refractivity contribution in [3.8, 4) is 11.5 Å². The Bertz CT molecular complexity index is 1600. The zero-order valence-corrected chi connectivity index (χ0v) is 21.9. The maximum Gasteiger partial charge on any atom is 0.433 e. The number of nitrogens with zero attached hydrogens (tertiary/aromatic N) is 4. The second-order valence-corrected chi connectivity index (χ2v) is 10.1. The Morgan fingerprint density at radius 2 is 1.85 bits per heavy atom. The molecule has 5 rings (SSSR count). The summed E-state index contributed by atoms with van der Waals surface area (Å²) in [6.45, 7) is 3.60. The lowest BCUT2D eigenvalue weighted by Gasteiger charge is -2.20. The van der Waals surface area contributed by atoms with Crippen LogP contribution in [0.2, 0.25) is 0 Å². The molecule has 0 atom stereocenters. The molecule has 0 aliphatic heterocycles. The van der Waals surface area contributed by atoms with Crippen LogP contribution in [0.25, 0.3) is 11.2 Å². The van der Waals surface area contributed by atoms with Gasteiger partial charge in [-0.2, -0.15) is 18.3 Å². The van der Waals surface area contributed by atoms with Crippen molar-refractivity contribution in [2.45, 2.75) is 70.6 Å². The van der Waals surface area contributed by atoms with Crippen LogP contribution >= 0.6 is 0 Å². The number of aromatic amines is 1. The van der Waals surface area contributed by atoms with Crippen molar-refractivity contribution in [1.82, 2.24) is 24.3 Å². The average molecular weight is 561 g/mol. The van der Waals surface area contributed by atoms with Crippen LogP contribution in [0.5, 0.6) is 11.5 Å². The van der Waals surface area contributed by atoms with Gasteiger partial charge in [0.1, 0.15) is 5.52 Å². The van der Waals surface area contributed by atoms with Gasteiger partial charge in [-0.25, -0.2) is 14.2 Å². The second-order valence-electron chi connectivity index (χ2n) is 10.1. The van der Waals surface area contributed by atoms with E-state index in [4.69, 9.17) is 4.74 Å². The molecule has 212 valence electrons. The first-order valence-electron chi connectivity index (χ1n) is 13.1. The van der Waals surface area contributed by atoms with Crippen molar-refractivity contribution in [2.24, 2.45) is 0 Å². The normalized spacial score (nSPS) is 15.0. The van der Waals surface area contributed by atoms with E-state index in [1.165, 1.54) is 29.0 Å². The molecule has 0 saturated heterocycles. The second kappa shape index (κ2) is 10.8. The van der Waals surface area contributed by atoms with Gasteiger partial charge in [-0.05, 0) is 38.8 Å². The average Bonchev–Trinajstić information content (AvgIpc) is 3.38. The number of ether oxygens (including phenoxy) is 1. The summed E-state index contributed by atoms with van der Waals surface area (Å²) in [7, 11) is 0. The topological polar surface area (TPSA) is 107 Å². The number of hydrogen-bond acceptors (Lipinski definition) is 5. The largest absolute Gasteiger partial charge is 0.452 e. The Labute approximate surface area is 226 Å². The molecule has 1 aliphatic carbocycles. The Morgan fingerprint density at radius 3 is 2.50 bits per heavy atom. The van der Waals surface area contributed by atoms with Crippen LogP contribution in [0.1, 0.15) is 80.5 Å². The van der Waals surface area contributed by atoms with Crippen molar-refractivity contribution in [3.05, 3.63) is 64.2 Å². The maximum absolute atomic E-state index is 15.0. The quantitative estimate of drug-likeness (QED) is 0.204. The van der Waals surface area contributed by atoms with E-state index in [1.807, 2.05) is 0 Å². The van der Waals surface area contributed by atoms with Crippen LogP contribution in [-0.4, -0.2) is 30.2 Å². The minimum absolute atomic E-state index is 0.0641. The first-order valence-corrected chi connectivity index (χ1v) is 13.1. The van der Waals surface area contributed by atoms with Crippen LogP contribution in [0.4, 0.5) is 23.2 Å². The van der Waals surface area contributed by atoms with Crippen LogP contribution < -0.4 is 15.7 Å². The standard InChI is InChI=1S/C27H28F4N6O3/c1-15(2)36-22-21(11-12-32-24(22)35-26(36)39)40-20-10-9-16(13-19(20)28)34-25(38)18-14-33-37(23(18)27(29,30)31)17-7-5-3-4-6-8-17/h9-15,17H,3-8H2,1-2H3,(H,34,38)(H,32,35,39). The molecular formula is C27H28F4N6O3. The number of rotatable bonds is 6. The molecule has 1 saturated carbocycles. The van der Waals surface area contributed by atoms with Gasteiger partial charge in [0.2, 0.25) is 0 Å². The van der Waals surface area contributed by atoms with Gasteiger partial charge in [0.15, 0.2) is 28.7 Å². The molecule has 0 radical (unpaired) electrons. The molecule has 1 fully saturated rings. The molecule has 3 aromatic heterocycles. The van der Waals surface area contributed by atoms with E-state index < -0.39 is 40.9 Å². The minimum atomic E-state index is -4.80. The summed E-state index contributed by atoms with van der Waals surface area (Å²) in [5.74, 6) is -1.97. The number of imidazole rings is 1. The van der Waals surface area contributed by atoms with Crippen molar-refractivity contribution in [2.75, 3.05) is 5.32 Å². The summed E-state index contributed by atoms with van der Waals surface area (Å²) in [6.07, 6.45) is 2.11. The third-order valence-corrected chi connectivity index (χ3v) is 6.98. The van der Waals surface area contributed by atoms with E-state index in [0.29, 0.717) is 18.4 Å². The molecule has 2 N–H and O–H groups in total. The highest BCUT2D eigenvalue weighted by atomic mass is 19.4. The summed E-state index contributed by atoms with van der Waals surface area (Å²) in [5, 5.41) is 6.28. The lowest BCUT2D eigenvalue weighted by Crippen LogP contribution is -2.23. The first kappa shape index (κ1) is 27.4. The molecule has 13 heteroatoms. The Balaban J connectivity index is 1.39. The van der Waals surface area contributed by atoms with Gasteiger partial charge in [-0.3, -0.25) is 19.0 Å². The SMILES string of the molecule is CC(C)n1c(=O)[nH]c2nccc(Oc3ccc(NC(=O)c4cnn(C5CCCCCC5)c4C(F)(F)F)cc3F)c21.